The van der Waals surface area contributed by atoms with Gasteiger partial charge in [-0.2, -0.15) is 0 Å². The first-order chi connectivity index (χ1) is 15.8. The average Bonchev–Trinajstić information content (AvgIpc) is 2.86. The second kappa shape index (κ2) is 8.64. The van der Waals surface area contributed by atoms with Gasteiger partial charge in [0.25, 0.3) is 0 Å². The molecular formula is C29H24O3. The van der Waals surface area contributed by atoms with Crippen LogP contribution in [0, 0.1) is 0 Å². The van der Waals surface area contributed by atoms with E-state index in [0.29, 0.717) is 18.1 Å². The molecule has 32 heavy (non-hydrogen) atoms. The summed E-state index contributed by atoms with van der Waals surface area (Å²) in [7, 11) is 3.40. The minimum Gasteiger partial charge on any atom is -0.496 e. The molecule has 5 rings (SSSR count). The monoisotopic (exact) mass is 420 g/mol. The first-order valence-corrected chi connectivity index (χ1v) is 10.6. The Morgan fingerprint density at radius 2 is 1.22 bits per heavy atom. The van der Waals surface area contributed by atoms with Gasteiger partial charge in [-0.05, 0) is 39.2 Å². The lowest BCUT2D eigenvalue weighted by Crippen LogP contribution is -2.00. The summed E-state index contributed by atoms with van der Waals surface area (Å²) in [4.78, 5) is 0. The number of rotatable bonds is 6. The van der Waals surface area contributed by atoms with Gasteiger partial charge in [0.15, 0.2) is 11.5 Å². The maximum atomic E-state index is 6.30. The molecule has 0 aliphatic heterocycles. The van der Waals surface area contributed by atoms with Crippen LogP contribution in [0.4, 0.5) is 0 Å². The second-order valence-electron chi connectivity index (χ2n) is 7.64. The lowest BCUT2D eigenvalue weighted by molar-refractivity contribution is 0.285. The number of benzene rings is 5. The van der Waals surface area contributed by atoms with Crippen LogP contribution in [-0.2, 0) is 6.61 Å². The summed E-state index contributed by atoms with van der Waals surface area (Å²) in [6, 6.07) is 33.0. The molecule has 5 aromatic rings. The van der Waals surface area contributed by atoms with Gasteiger partial charge < -0.3 is 14.2 Å². The Hall–Kier alpha value is -3.98. The van der Waals surface area contributed by atoms with Gasteiger partial charge in [0.1, 0.15) is 12.4 Å². The standard InChI is InChI=1S/C29H24O3/c1-30-25-17-16-21-12-6-8-14-23(21)27(25)28-24-15-9-7-13-22(24)18-26(29(28)31-2)32-19-20-10-4-3-5-11-20/h3-18H,19H2,1-2H3. The van der Waals surface area contributed by atoms with Crippen molar-refractivity contribution in [2.24, 2.45) is 0 Å². The predicted octanol–water partition coefficient (Wildman–Crippen LogP) is 7.26. The van der Waals surface area contributed by atoms with Crippen molar-refractivity contribution in [3.05, 3.63) is 103 Å². The van der Waals surface area contributed by atoms with Crippen LogP contribution in [0.3, 0.4) is 0 Å². The highest BCUT2D eigenvalue weighted by Crippen LogP contribution is 2.49. The highest BCUT2D eigenvalue weighted by atomic mass is 16.5. The van der Waals surface area contributed by atoms with Gasteiger partial charge >= 0.3 is 0 Å². The summed E-state index contributed by atoms with van der Waals surface area (Å²) < 4.78 is 18.1. The minimum absolute atomic E-state index is 0.460. The van der Waals surface area contributed by atoms with Crippen LogP contribution >= 0.6 is 0 Å². The first kappa shape index (κ1) is 20.0. The Bertz CT molecular complexity index is 1390. The zero-order valence-electron chi connectivity index (χ0n) is 18.2. The molecule has 0 atom stereocenters. The molecule has 0 fully saturated rings. The van der Waals surface area contributed by atoms with Gasteiger partial charge in [-0.3, -0.25) is 0 Å². The molecule has 0 aliphatic carbocycles. The smallest absolute Gasteiger partial charge is 0.169 e. The fourth-order valence-electron chi connectivity index (χ4n) is 4.28. The lowest BCUT2D eigenvalue weighted by atomic mass is 9.92. The maximum Gasteiger partial charge on any atom is 0.169 e. The molecule has 0 bridgehead atoms. The summed E-state index contributed by atoms with van der Waals surface area (Å²) in [6.07, 6.45) is 0. The van der Waals surface area contributed by atoms with E-state index in [-0.39, 0.29) is 0 Å². The van der Waals surface area contributed by atoms with E-state index in [1.54, 1.807) is 14.2 Å². The van der Waals surface area contributed by atoms with Crippen LogP contribution in [-0.4, -0.2) is 14.2 Å². The summed E-state index contributed by atoms with van der Waals surface area (Å²) >= 11 is 0. The molecule has 0 saturated heterocycles. The predicted molar refractivity (Wildman–Crippen MR) is 131 cm³/mol. The Balaban J connectivity index is 1.79. The van der Waals surface area contributed by atoms with Crippen molar-refractivity contribution < 1.29 is 14.2 Å². The number of ether oxygens (including phenoxy) is 3. The van der Waals surface area contributed by atoms with E-state index < -0.39 is 0 Å². The number of hydrogen-bond acceptors (Lipinski definition) is 3. The highest BCUT2D eigenvalue weighted by molar-refractivity contribution is 6.10. The molecule has 158 valence electrons. The number of methoxy groups -OCH3 is 2. The first-order valence-electron chi connectivity index (χ1n) is 10.6. The van der Waals surface area contributed by atoms with Gasteiger partial charge in [0.2, 0.25) is 0 Å². The molecule has 5 aromatic carbocycles. The third-order valence-corrected chi connectivity index (χ3v) is 5.77. The Morgan fingerprint density at radius 3 is 1.94 bits per heavy atom. The normalized spacial score (nSPS) is 10.9. The molecule has 0 aromatic heterocycles. The molecule has 0 saturated carbocycles. The van der Waals surface area contributed by atoms with Crippen LogP contribution in [0.2, 0.25) is 0 Å². The van der Waals surface area contributed by atoms with Crippen molar-refractivity contribution >= 4 is 21.5 Å². The van der Waals surface area contributed by atoms with Gasteiger partial charge in [0, 0.05) is 11.1 Å². The zero-order chi connectivity index (χ0) is 21.9. The largest absolute Gasteiger partial charge is 0.496 e. The van der Waals surface area contributed by atoms with Crippen molar-refractivity contribution in [3.8, 4) is 28.4 Å². The Labute approximate surface area is 187 Å². The summed E-state index contributed by atoms with van der Waals surface area (Å²) in [5.41, 5.74) is 3.08. The number of hydrogen-bond donors (Lipinski definition) is 0. The molecular weight excluding hydrogens is 396 g/mol. The van der Waals surface area contributed by atoms with Crippen molar-refractivity contribution in [2.45, 2.75) is 6.61 Å². The highest BCUT2D eigenvalue weighted by Gasteiger charge is 2.22. The van der Waals surface area contributed by atoms with E-state index in [1.807, 2.05) is 42.5 Å². The van der Waals surface area contributed by atoms with E-state index >= 15 is 0 Å². The molecule has 0 heterocycles. The van der Waals surface area contributed by atoms with Gasteiger partial charge in [0.05, 0.1) is 14.2 Å². The molecule has 0 amide bonds. The zero-order valence-corrected chi connectivity index (χ0v) is 18.2. The van der Waals surface area contributed by atoms with Crippen LogP contribution in [0.1, 0.15) is 5.56 Å². The van der Waals surface area contributed by atoms with Crippen LogP contribution in [0.15, 0.2) is 97.1 Å². The summed E-state index contributed by atoms with van der Waals surface area (Å²) in [6.45, 7) is 0.460. The molecule has 3 nitrogen and oxygen atoms in total. The van der Waals surface area contributed by atoms with Crippen LogP contribution in [0.25, 0.3) is 32.7 Å². The van der Waals surface area contributed by atoms with Crippen LogP contribution in [0.5, 0.6) is 17.2 Å². The van der Waals surface area contributed by atoms with E-state index in [0.717, 1.165) is 44.0 Å². The van der Waals surface area contributed by atoms with E-state index in [2.05, 4.69) is 54.6 Å². The topological polar surface area (TPSA) is 27.7 Å². The maximum absolute atomic E-state index is 6.30. The minimum atomic E-state index is 0.460. The quantitative estimate of drug-likeness (QED) is 0.289. The van der Waals surface area contributed by atoms with Gasteiger partial charge in [-0.15, -0.1) is 0 Å². The molecule has 3 heteroatoms. The van der Waals surface area contributed by atoms with Gasteiger partial charge in [-0.1, -0.05) is 84.9 Å². The molecule has 0 N–H and O–H groups in total. The van der Waals surface area contributed by atoms with Crippen molar-refractivity contribution in [2.75, 3.05) is 14.2 Å². The Kier molecular flexibility index (Phi) is 5.39. The summed E-state index contributed by atoms with van der Waals surface area (Å²) in [5, 5.41) is 4.42. The third-order valence-electron chi connectivity index (χ3n) is 5.77. The van der Waals surface area contributed by atoms with Crippen LogP contribution < -0.4 is 14.2 Å². The summed E-state index contributed by atoms with van der Waals surface area (Å²) in [5.74, 6) is 2.21. The molecule has 0 spiro atoms. The fourth-order valence-corrected chi connectivity index (χ4v) is 4.28. The Morgan fingerprint density at radius 1 is 0.562 bits per heavy atom. The van der Waals surface area contributed by atoms with E-state index in [1.165, 1.54) is 0 Å². The molecule has 0 aliphatic rings. The van der Waals surface area contributed by atoms with Crippen molar-refractivity contribution in [1.82, 2.24) is 0 Å². The number of fused-ring (bicyclic) bond motifs is 2. The third kappa shape index (κ3) is 3.52. The molecule has 0 unspecified atom stereocenters. The van der Waals surface area contributed by atoms with E-state index in [4.69, 9.17) is 14.2 Å². The SMILES string of the molecule is COc1ccc2ccccc2c1-c1c(OC)c(OCc2ccccc2)cc2ccccc12. The second-order valence-corrected chi connectivity index (χ2v) is 7.64. The van der Waals surface area contributed by atoms with E-state index in [9.17, 15) is 0 Å². The lowest BCUT2D eigenvalue weighted by Gasteiger charge is -2.20. The average molecular weight is 421 g/mol. The van der Waals surface area contributed by atoms with Gasteiger partial charge in [-0.25, -0.2) is 0 Å². The van der Waals surface area contributed by atoms with Crippen molar-refractivity contribution in [3.63, 3.8) is 0 Å². The van der Waals surface area contributed by atoms with Crippen molar-refractivity contribution in [1.29, 1.82) is 0 Å². The fraction of sp³-hybridized carbons (Fsp3) is 0.103. The molecule has 0 radical (unpaired) electrons.